The predicted molar refractivity (Wildman–Crippen MR) is 227 cm³/mol. The number of nitrogens with zero attached hydrogens (tertiary/aromatic N) is 3. The number of pyridine rings is 1. The molecule has 1 aromatic heterocycles. The highest BCUT2D eigenvalue weighted by atomic mass is 32.2. The Hall–Kier alpha value is -4.07. The molecular weight excluding hydrogens is 755 g/mol. The Morgan fingerprint density at radius 3 is 2.47 bits per heavy atom. The van der Waals surface area contributed by atoms with Gasteiger partial charge >= 0.3 is 0 Å². The molecule has 3 aliphatic rings. The molecule has 2 N–H and O–H groups in total. The first-order chi connectivity index (χ1) is 27.9. The van der Waals surface area contributed by atoms with E-state index in [-0.39, 0.29) is 55.4 Å². The summed E-state index contributed by atoms with van der Waals surface area (Å²) in [5.74, 6) is -0.958. The van der Waals surface area contributed by atoms with Crippen LogP contribution in [0.3, 0.4) is 0 Å². The highest BCUT2D eigenvalue weighted by Crippen LogP contribution is 2.62. The van der Waals surface area contributed by atoms with Crippen molar-refractivity contribution in [1.82, 2.24) is 9.29 Å². The molecule has 11 nitrogen and oxygen atoms in total. The van der Waals surface area contributed by atoms with Gasteiger partial charge in [0.2, 0.25) is 15.8 Å². The van der Waals surface area contributed by atoms with Crippen LogP contribution in [0.1, 0.15) is 90.5 Å². The van der Waals surface area contributed by atoms with Crippen LogP contribution in [0, 0.1) is 17.8 Å². The van der Waals surface area contributed by atoms with Crippen molar-refractivity contribution in [3.63, 3.8) is 0 Å². The van der Waals surface area contributed by atoms with Crippen molar-refractivity contribution in [2.75, 3.05) is 33.0 Å². The number of allylic oxidation sites excluding steroid dienone is 1. The number of hydrogen-bond donors (Lipinski definition) is 2. The first-order valence-electron chi connectivity index (χ1n) is 20.8. The van der Waals surface area contributed by atoms with Gasteiger partial charge < -0.3 is 29.3 Å². The Morgan fingerprint density at radius 1 is 1.02 bits per heavy atom. The summed E-state index contributed by atoms with van der Waals surface area (Å²) >= 11 is 0. The molecule has 314 valence electrons. The molecule has 1 fully saturated rings. The predicted octanol–water partition coefficient (Wildman–Crippen LogP) is 8.33. The van der Waals surface area contributed by atoms with E-state index in [0.29, 0.717) is 48.6 Å². The number of sulfonamides is 1. The second-order valence-corrected chi connectivity index (χ2v) is 18.4. The maximum absolute atomic E-state index is 15.4. The number of benzene rings is 2. The summed E-state index contributed by atoms with van der Waals surface area (Å²) in [6.07, 6.45) is 12.5. The summed E-state index contributed by atoms with van der Waals surface area (Å²) in [4.78, 5) is 10.9. The average Bonchev–Trinajstić information content (AvgIpc) is 3.21. The fourth-order valence-corrected chi connectivity index (χ4v) is 11.0. The van der Waals surface area contributed by atoms with E-state index < -0.39 is 33.4 Å². The first kappa shape index (κ1) is 43.5. The van der Waals surface area contributed by atoms with Gasteiger partial charge in [-0.3, -0.25) is 4.98 Å². The van der Waals surface area contributed by atoms with Crippen molar-refractivity contribution in [3.8, 4) is 11.5 Å². The molecule has 2 aliphatic carbocycles. The highest BCUT2D eigenvalue weighted by molar-refractivity contribution is 7.89. The summed E-state index contributed by atoms with van der Waals surface area (Å²) in [7, 11) is -4.26. The smallest absolute Gasteiger partial charge is 0.245 e. The SMILES string of the molecule is C=CCOc1ccc2c(c1)C1C(CCCCO)C(CCCCO)C=C3C(=NOC(C)(C)C)CC(N(CCC)S(=O)(=O)c4cccc5cccnc45)C(OCC=C)(O2)C31. The van der Waals surface area contributed by atoms with E-state index in [1.165, 1.54) is 0 Å². The van der Waals surface area contributed by atoms with E-state index in [9.17, 15) is 10.2 Å². The van der Waals surface area contributed by atoms with Crippen molar-refractivity contribution in [2.45, 2.75) is 107 Å². The quantitative estimate of drug-likeness (QED) is 0.0655. The molecule has 6 unspecified atom stereocenters. The molecular formula is C46H61N3O8S. The maximum atomic E-state index is 15.4. The zero-order valence-electron chi connectivity index (χ0n) is 34.5. The lowest BCUT2D eigenvalue weighted by molar-refractivity contribution is -0.251. The van der Waals surface area contributed by atoms with Crippen molar-refractivity contribution >= 4 is 26.6 Å². The lowest BCUT2D eigenvalue weighted by Crippen LogP contribution is -2.70. The van der Waals surface area contributed by atoms with E-state index in [2.05, 4.69) is 24.2 Å². The van der Waals surface area contributed by atoms with Crippen LogP contribution in [-0.4, -0.2) is 84.0 Å². The van der Waals surface area contributed by atoms with Crippen LogP contribution in [0.5, 0.6) is 11.5 Å². The Bertz CT molecular complexity index is 2070. The third-order valence-electron chi connectivity index (χ3n) is 11.4. The van der Waals surface area contributed by atoms with Crippen molar-refractivity contribution in [2.24, 2.45) is 22.9 Å². The van der Waals surface area contributed by atoms with Gasteiger partial charge in [-0.05, 0) is 101 Å². The van der Waals surface area contributed by atoms with Gasteiger partial charge in [-0.1, -0.05) is 67.9 Å². The van der Waals surface area contributed by atoms with Gasteiger partial charge in [0.1, 0.15) is 28.6 Å². The molecule has 12 heteroatoms. The van der Waals surface area contributed by atoms with E-state index in [1.54, 1.807) is 40.9 Å². The average molecular weight is 816 g/mol. The number of aliphatic hydroxyl groups excluding tert-OH is 2. The minimum absolute atomic E-state index is 0.0324. The number of para-hydroxylation sites is 1. The molecule has 6 rings (SSSR count). The minimum atomic E-state index is -4.26. The molecule has 1 saturated carbocycles. The molecule has 2 aromatic carbocycles. The van der Waals surface area contributed by atoms with Gasteiger partial charge in [-0.2, -0.15) is 4.31 Å². The Morgan fingerprint density at radius 2 is 1.76 bits per heavy atom. The van der Waals surface area contributed by atoms with E-state index in [1.807, 2.05) is 58.0 Å². The number of aromatic nitrogens is 1. The fraction of sp³-hybridized carbons (Fsp3) is 0.522. The van der Waals surface area contributed by atoms with Crippen LogP contribution in [0.15, 0.2) is 102 Å². The van der Waals surface area contributed by atoms with Gasteiger partial charge in [-0.15, -0.1) is 6.58 Å². The normalized spacial score (nSPS) is 24.8. The van der Waals surface area contributed by atoms with Crippen LogP contribution < -0.4 is 9.47 Å². The second-order valence-electron chi connectivity index (χ2n) is 16.5. The number of aliphatic hydroxyl groups is 2. The van der Waals surface area contributed by atoms with Crippen molar-refractivity contribution < 1.29 is 37.7 Å². The second kappa shape index (κ2) is 18.9. The third kappa shape index (κ3) is 8.91. The Balaban J connectivity index is 1.66. The largest absolute Gasteiger partial charge is 0.490 e. The molecule has 0 amide bonds. The van der Waals surface area contributed by atoms with Crippen LogP contribution in [0.2, 0.25) is 0 Å². The summed E-state index contributed by atoms with van der Waals surface area (Å²) in [5, 5.41) is 25.4. The molecule has 0 radical (unpaired) electrons. The van der Waals surface area contributed by atoms with Gasteiger partial charge in [0.25, 0.3) is 0 Å². The Kier molecular flexibility index (Phi) is 14.2. The van der Waals surface area contributed by atoms with E-state index in [4.69, 9.17) is 24.2 Å². The maximum Gasteiger partial charge on any atom is 0.245 e. The van der Waals surface area contributed by atoms with Gasteiger partial charge in [0.15, 0.2) is 0 Å². The minimum Gasteiger partial charge on any atom is -0.490 e. The number of hydrogen-bond acceptors (Lipinski definition) is 10. The lowest BCUT2D eigenvalue weighted by Gasteiger charge is -2.59. The molecule has 0 bridgehead atoms. The number of ether oxygens (including phenoxy) is 3. The summed E-state index contributed by atoms with van der Waals surface area (Å²) < 4.78 is 52.9. The molecule has 0 spiro atoms. The molecule has 58 heavy (non-hydrogen) atoms. The molecule has 6 atom stereocenters. The third-order valence-corrected chi connectivity index (χ3v) is 13.4. The van der Waals surface area contributed by atoms with Gasteiger partial charge in [0, 0.05) is 49.2 Å². The van der Waals surface area contributed by atoms with Gasteiger partial charge in [-0.25, -0.2) is 8.42 Å². The molecule has 1 aliphatic heterocycles. The zero-order chi connectivity index (χ0) is 41.5. The summed E-state index contributed by atoms with van der Waals surface area (Å²) in [6.45, 7) is 16.4. The molecule has 0 saturated heterocycles. The van der Waals surface area contributed by atoms with Crippen LogP contribution in [-0.2, 0) is 19.6 Å². The number of fused-ring (bicyclic) bond motifs is 3. The van der Waals surface area contributed by atoms with E-state index in [0.717, 1.165) is 42.2 Å². The van der Waals surface area contributed by atoms with Crippen LogP contribution >= 0.6 is 0 Å². The van der Waals surface area contributed by atoms with Crippen molar-refractivity contribution in [3.05, 3.63) is 97.3 Å². The Labute approximate surface area is 344 Å². The first-order valence-corrected chi connectivity index (χ1v) is 22.2. The zero-order valence-corrected chi connectivity index (χ0v) is 35.3. The summed E-state index contributed by atoms with van der Waals surface area (Å²) in [6, 6.07) is 13.8. The molecule has 2 heterocycles. The number of oxime groups is 1. The standard InChI is InChI=1S/C46H61N3O8S/c1-7-24-49(58(52,53)40-20-14-17-32-18-15-23-47-44(32)40)41-31-38(48-57-45(4,5)6)36-29-33(16-10-12-25-50)35(19-11-13-26-51)42-37-30-34(54-27-8-2)21-22-39(37)56-46(41,43(36)42)55-28-9-3/h8-9,14-15,17-18,20-23,29-30,33,35,41-43,50-51H,2-3,7,10-13,16,19,24-28,31H2,1,4-6H3. The molecule has 3 aromatic rings. The number of unbranched alkanes of at least 4 members (excludes halogenated alkanes) is 2. The van der Waals surface area contributed by atoms with E-state index >= 15 is 8.42 Å². The van der Waals surface area contributed by atoms with Gasteiger partial charge in [0.05, 0.1) is 29.8 Å². The highest BCUT2D eigenvalue weighted by Gasteiger charge is 2.66. The lowest BCUT2D eigenvalue weighted by atomic mass is 9.55. The van der Waals surface area contributed by atoms with Crippen LogP contribution in [0.4, 0.5) is 0 Å². The fourth-order valence-electron chi connectivity index (χ4n) is 9.14. The topological polar surface area (TPSA) is 140 Å². The van der Waals surface area contributed by atoms with Crippen molar-refractivity contribution in [1.29, 1.82) is 0 Å². The monoisotopic (exact) mass is 815 g/mol. The van der Waals surface area contributed by atoms with Crippen LogP contribution in [0.25, 0.3) is 10.9 Å². The summed E-state index contributed by atoms with van der Waals surface area (Å²) in [5.41, 5.74) is 2.25. The number of rotatable bonds is 20.